The highest BCUT2D eigenvalue weighted by atomic mass is 16.4. The third-order valence-corrected chi connectivity index (χ3v) is 4.95. The average molecular weight is 531 g/mol. The lowest BCUT2D eigenvalue weighted by atomic mass is 10.0. The topological polar surface area (TPSA) is 295 Å². The molecule has 0 rings (SSSR count). The lowest BCUT2D eigenvalue weighted by Gasteiger charge is -2.25. The Hall–Kier alpha value is -3.95. The molecule has 0 spiro atoms. The summed E-state index contributed by atoms with van der Waals surface area (Å²) in [4.78, 5) is 75.6. The number of hydrogen-bond acceptors (Lipinski definition) is 8. The molecular weight excluding hydrogens is 492 g/mol. The van der Waals surface area contributed by atoms with Gasteiger partial charge in [-0.05, 0) is 31.6 Å². The molecule has 0 heterocycles. The molecule has 4 unspecified atom stereocenters. The first kappa shape index (κ1) is 33.0. The van der Waals surface area contributed by atoms with Crippen LogP contribution in [0, 0.1) is 5.92 Å². The van der Waals surface area contributed by atoms with Gasteiger partial charge in [0, 0.05) is 13.0 Å². The van der Waals surface area contributed by atoms with Crippen molar-refractivity contribution in [1.29, 1.82) is 0 Å². The predicted octanol–water partition coefficient (Wildman–Crippen LogP) is -3.31. The minimum absolute atomic E-state index is 0.0335. The van der Waals surface area contributed by atoms with Gasteiger partial charge in [0.05, 0.1) is 12.5 Å². The molecule has 0 saturated carbocycles. The molecule has 0 saturated heterocycles. The minimum Gasteiger partial charge on any atom is -0.481 e. The third-order valence-electron chi connectivity index (χ3n) is 4.95. The molecule has 0 fully saturated rings. The van der Waals surface area contributed by atoms with Gasteiger partial charge in [-0.2, -0.15) is 0 Å². The van der Waals surface area contributed by atoms with Crippen molar-refractivity contribution in [3.8, 4) is 0 Å². The van der Waals surface area contributed by atoms with E-state index in [2.05, 4.69) is 20.9 Å². The van der Waals surface area contributed by atoms with Crippen molar-refractivity contribution < 1.29 is 39.0 Å². The highest BCUT2D eigenvalue weighted by Crippen LogP contribution is 2.08. The summed E-state index contributed by atoms with van der Waals surface area (Å²) >= 11 is 0. The molecule has 0 radical (unpaired) electrons. The zero-order valence-corrected chi connectivity index (χ0v) is 20.9. The van der Waals surface area contributed by atoms with Crippen LogP contribution < -0.4 is 38.9 Å². The zero-order valence-electron chi connectivity index (χ0n) is 20.9. The fourth-order valence-electron chi connectivity index (χ4n) is 3.10. The number of amides is 4. The first-order valence-electron chi connectivity index (χ1n) is 11.6. The Bertz CT molecular complexity index is 859. The van der Waals surface area contributed by atoms with Crippen molar-refractivity contribution in [3.63, 3.8) is 0 Å². The van der Waals surface area contributed by atoms with Crippen molar-refractivity contribution in [2.45, 2.75) is 76.5 Å². The molecule has 0 aromatic heterocycles. The van der Waals surface area contributed by atoms with Crippen molar-refractivity contribution in [1.82, 2.24) is 16.0 Å². The smallest absolute Gasteiger partial charge is 0.326 e. The number of carbonyl (C=O) groups is 6. The number of nitrogens with one attached hydrogen (secondary N) is 3. The summed E-state index contributed by atoms with van der Waals surface area (Å²) < 4.78 is 0. The Balaban J connectivity index is 5.65. The summed E-state index contributed by atoms with van der Waals surface area (Å²) in [6.45, 7) is 3.63. The SMILES string of the molecule is CC(C)CC(NC(=O)C(CCCN=C(N)N)NC(=O)C(CC(=O)O)NC(=O)C(N)CCC(N)=O)C(=O)O. The molecule has 16 heteroatoms. The lowest BCUT2D eigenvalue weighted by molar-refractivity contribution is -0.143. The number of rotatable bonds is 18. The summed E-state index contributed by atoms with van der Waals surface area (Å²) in [5, 5.41) is 25.5. The Morgan fingerprint density at radius 3 is 1.84 bits per heavy atom. The first-order chi connectivity index (χ1) is 17.1. The number of carbonyl (C=O) groups excluding carboxylic acids is 4. The van der Waals surface area contributed by atoms with Crippen LogP contribution in [-0.4, -0.2) is 82.5 Å². The fourth-order valence-corrected chi connectivity index (χ4v) is 3.10. The van der Waals surface area contributed by atoms with Crippen LogP contribution in [0.25, 0.3) is 0 Å². The van der Waals surface area contributed by atoms with Crippen LogP contribution in [0.1, 0.15) is 52.4 Å². The maximum Gasteiger partial charge on any atom is 0.326 e. The molecule has 4 amide bonds. The molecule has 0 aliphatic heterocycles. The standard InChI is InChI=1S/C21H38N8O8/c1-10(2)8-14(20(36)37)29-18(34)12(4-3-7-26-21(24)25)27-19(35)13(9-16(31)32)28-17(33)11(22)5-6-15(23)30/h10-14H,3-9,22H2,1-2H3,(H2,23,30)(H,27,35)(H,28,33)(H,29,34)(H,31,32)(H,36,37)(H4,24,25,26). The molecule has 0 aliphatic rings. The lowest BCUT2D eigenvalue weighted by Crippen LogP contribution is -2.57. The Kier molecular flexibility index (Phi) is 14.9. The van der Waals surface area contributed by atoms with E-state index in [4.69, 9.17) is 22.9 Å². The van der Waals surface area contributed by atoms with E-state index >= 15 is 0 Å². The van der Waals surface area contributed by atoms with Gasteiger partial charge in [0.1, 0.15) is 18.1 Å². The van der Waals surface area contributed by atoms with Crippen LogP contribution in [0.2, 0.25) is 0 Å². The quantitative estimate of drug-likeness (QED) is 0.0480. The van der Waals surface area contributed by atoms with Crippen LogP contribution in [0.5, 0.6) is 0 Å². The van der Waals surface area contributed by atoms with Gasteiger partial charge in [0.25, 0.3) is 0 Å². The van der Waals surface area contributed by atoms with Crippen LogP contribution in [0.15, 0.2) is 4.99 Å². The van der Waals surface area contributed by atoms with E-state index in [1.54, 1.807) is 13.8 Å². The predicted molar refractivity (Wildman–Crippen MR) is 131 cm³/mol. The maximum absolute atomic E-state index is 12.9. The largest absolute Gasteiger partial charge is 0.481 e. The van der Waals surface area contributed by atoms with Crippen LogP contribution in [-0.2, 0) is 28.8 Å². The zero-order chi connectivity index (χ0) is 28.7. The molecule has 0 aromatic rings. The van der Waals surface area contributed by atoms with Crippen LogP contribution >= 0.6 is 0 Å². The summed E-state index contributed by atoms with van der Waals surface area (Å²) in [7, 11) is 0. The Morgan fingerprint density at radius 1 is 0.811 bits per heavy atom. The summed E-state index contributed by atoms with van der Waals surface area (Å²) in [5.74, 6) is -6.40. The van der Waals surface area contributed by atoms with E-state index < -0.39 is 66.2 Å². The number of hydrogen-bond donors (Lipinski definition) is 9. The van der Waals surface area contributed by atoms with E-state index in [0.29, 0.717) is 0 Å². The van der Waals surface area contributed by atoms with Gasteiger partial charge in [0.2, 0.25) is 23.6 Å². The number of carboxylic acids is 2. The molecule has 13 N–H and O–H groups in total. The molecule has 210 valence electrons. The number of aliphatic imine (C=N–C) groups is 1. The van der Waals surface area contributed by atoms with Crippen molar-refractivity contribution >= 4 is 41.5 Å². The van der Waals surface area contributed by atoms with Gasteiger partial charge < -0.3 is 49.1 Å². The van der Waals surface area contributed by atoms with E-state index in [1.807, 2.05) is 0 Å². The minimum atomic E-state index is -1.62. The van der Waals surface area contributed by atoms with E-state index in [1.165, 1.54) is 0 Å². The van der Waals surface area contributed by atoms with Gasteiger partial charge in [-0.1, -0.05) is 13.8 Å². The number of guanidine groups is 1. The van der Waals surface area contributed by atoms with Gasteiger partial charge >= 0.3 is 11.9 Å². The molecule has 16 nitrogen and oxygen atoms in total. The monoisotopic (exact) mass is 530 g/mol. The first-order valence-corrected chi connectivity index (χ1v) is 11.6. The van der Waals surface area contributed by atoms with E-state index in [0.717, 1.165) is 0 Å². The van der Waals surface area contributed by atoms with Gasteiger partial charge in [-0.15, -0.1) is 0 Å². The third kappa shape index (κ3) is 14.9. The van der Waals surface area contributed by atoms with Gasteiger partial charge in [-0.3, -0.25) is 29.0 Å². The Morgan fingerprint density at radius 2 is 1.35 bits per heavy atom. The molecule has 4 atom stereocenters. The van der Waals surface area contributed by atoms with Crippen molar-refractivity contribution in [2.24, 2.45) is 33.8 Å². The molecule has 0 aliphatic carbocycles. The van der Waals surface area contributed by atoms with Crippen molar-refractivity contribution in [3.05, 3.63) is 0 Å². The van der Waals surface area contributed by atoms with E-state index in [9.17, 15) is 39.0 Å². The molecule has 0 aromatic carbocycles. The number of carboxylic acid groups (broad SMARTS) is 2. The maximum atomic E-state index is 12.9. The summed E-state index contributed by atoms with van der Waals surface area (Å²) in [5.41, 5.74) is 21.2. The number of nitrogens with zero attached hydrogens (tertiary/aromatic N) is 1. The molecule has 37 heavy (non-hydrogen) atoms. The van der Waals surface area contributed by atoms with E-state index in [-0.39, 0.29) is 50.5 Å². The number of nitrogens with two attached hydrogens (primary N) is 4. The van der Waals surface area contributed by atoms with Gasteiger partial charge in [-0.25, -0.2) is 4.79 Å². The average Bonchev–Trinajstić information content (AvgIpc) is 2.77. The fraction of sp³-hybridized carbons (Fsp3) is 0.667. The number of primary amides is 1. The second-order valence-electron chi connectivity index (χ2n) is 8.81. The number of aliphatic carboxylic acids is 2. The highest BCUT2D eigenvalue weighted by molar-refractivity contribution is 5.95. The Labute approximate surface area is 214 Å². The van der Waals surface area contributed by atoms with Gasteiger partial charge in [0.15, 0.2) is 5.96 Å². The molecular formula is C21H38N8O8. The summed E-state index contributed by atoms with van der Waals surface area (Å²) in [6, 6.07) is -5.40. The normalized spacial score (nSPS) is 13.9. The summed E-state index contributed by atoms with van der Waals surface area (Å²) in [6.07, 6.45) is -0.890. The highest BCUT2D eigenvalue weighted by Gasteiger charge is 2.31. The van der Waals surface area contributed by atoms with Crippen molar-refractivity contribution in [2.75, 3.05) is 6.54 Å². The molecule has 0 bridgehead atoms. The second kappa shape index (κ2) is 16.7. The van der Waals surface area contributed by atoms with Crippen LogP contribution in [0.4, 0.5) is 0 Å². The van der Waals surface area contributed by atoms with Crippen LogP contribution in [0.3, 0.4) is 0 Å². The second-order valence-corrected chi connectivity index (χ2v) is 8.81.